The van der Waals surface area contributed by atoms with E-state index in [0.29, 0.717) is 5.92 Å². The molecule has 0 atom stereocenters. The monoisotopic (exact) mass is 221 g/mol. The van der Waals surface area contributed by atoms with Crippen LogP contribution in [0, 0.1) is 0 Å². The fourth-order valence-corrected chi connectivity index (χ4v) is 1.66. The number of ether oxygens (including phenoxy) is 1. The maximum Gasteiger partial charge on any atom is 0.124 e. The van der Waals surface area contributed by atoms with Crippen molar-refractivity contribution in [2.24, 2.45) is 0 Å². The van der Waals surface area contributed by atoms with Crippen molar-refractivity contribution in [2.75, 3.05) is 7.05 Å². The first-order valence-electron chi connectivity index (χ1n) is 5.98. The molecule has 1 aromatic rings. The molecule has 1 rings (SSSR count). The SMILES string of the molecule is CNCc1cc(C(C)C)ccc1OC(C)C. The quantitative estimate of drug-likeness (QED) is 0.823. The zero-order chi connectivity index (χ0) is 12.1. The normalized spacial score (nSPS) is 11.2. The highest BCUT2D eigenvalue weighted by Crippen LogP contribution is 2.25. The third-order valence-electron chi connectivity index (χ3n) is 2.48. The topological polar surface area (TPSA) is 21.3 Å². The Kier molecular flexibility index (Phi) is 4.81. The molecule has 0 amide bonds. The van der Waals surface area contributed by atoms with Gasteiger partial charge in [0.15, 0.2) is 0 Å². The van der Waals surface area contributed by atoms with Gasteiger partial charge in [0.1, 0.15) is 5.75 Å². The van der Waals surface area contributed by atoms with Crippen LogP contribution in [0.15, 0.2) is 18.2 Å². The lowest BCUT2D eigenvalue weighted by Crippen LogP contribution is -2.12. The molecule has 0 aliphatic rings. The molecular weight excluding hydrogens is 198 g/mol. The van der Waals surface area contributed by atoms with Crippen molar-refractivity contribution in [3.05, 3.63) is 29.3 Å². The van der Waals surface area contributed by atoms with Crippen molar-refractivity contribution in [2.45, 2.75) is 46.3 Å². The van der Waals surface area contributed by atoms with Crippen LogP contribution in [-0.4, -0.2) is 13.2 Å². The predicted molar refractivity (Wildman–Crippen MR) is 69.1 cm³/mol. The minimum Gasteiger partial charge on any atom is -0.491 e. The standard InChI is InChI=1S/C14H23NO/c1-10(2)12-6-7-14(16-11(3)4)13(8-12)9-15-5/h6-8,10-11,15H,9H2,1-5H3. The first-order valence-corrected chi connectivity index (χ1v) is 5.98. The van der Waals surface area contributed by atoms with Gasteiger partial charge in [0, 0.05) is 12.1 Å². The fourth-order valence-electron chi connectivity index (χ4n) is 1.66. The molecule has 0 unspecified atom stereocenters. The van der Waals surface area contributed by atoms with E-state index in [0.717, 1.165) is 12.3 Å². The number of hydrogen-bond donors (Lipinski definition) is 1. The summed E-state index contributed by atoms with van der Waals surface area (Å²) in [4.78, 5) is 0. The molecule has 2 heteroatoms. The Morgan fingerprint density at radius 3 is 2.38 bits per heavy atom. The van der Waals surface area contributed by atoms with Crippen LogP contribution in [0.4, 0.5) is 0 Å². The molecule has 0 fully saturated rings. The number of nitrogens with one attached hydrogen (secondary N) is 1. The molecule has 0 aliphatic heterocycles. The maximum atomic E-state index is 5.79. The van der Waals surface area contributed by atoms with Crippen LogP contribution in [0.2, 0.25) is 0 Å². The van der Waals surface area contributed by atoms with Gasteiger partial charge in [-0.05, 0) is 38.4 Å². The molecule has 0 bridgehead atoms. The van der Waals surface area contributed by atoms with Crippen LogP contribution < -0.4 is 10.1 Å². The summed E-state index contributed by atoms with van der Waals surface area (Å²) in [5, 5.41) is 3.18. The van der Waals surface area contributed by atoms with E-state index in [1.54, 1.807) is 0 Å². The second-order valence-corrected chi connectivity index (χ2v) is 4.72. The van der Waals surface area contributed by atoms with Crippen molar-refractivity contribution >= 4 is 0 Å². The Labute approximate surface area is 99.0 Å². The molecule has 16 heavy (non-hydrogen) atoms. The maximum absolute atomic E-state index is 5.79. The smallest absolute Gasteiger partial charge is 0.124 e. The van der Waals surface area contributed by atoms with Crippen molar-refractivity contribution in [3.8, 4) is 5.75 Å². The summed E-state index contributed by atoms with van der Waals surface area (Å²) >= 11 is 0. The van der Waals surface area contributed by atoms with Gasteiger partial charge >= 0.3 is 0 Å². The van der Waals surface area contributed by atoms with Gasteiger partial charge in [0.2, 0.25) is 0 Å². The zero-order valence-electron chi connectivity index (χ0n) is 11.0. The van der Waals surface area contributed by atoms with Gasteiger partial charge in [-0.25, -0.2) is 0 Å². The average Bonchev–Trinajstić information content (AvgIpc) is 2.20. The molecule has 2 nitrogen and oxygen atoms in total. The van der Waals surface area contributed by atoms with Crippen LogP contribution in [0.5, 0.6) is 5.75 Å². The van der Waals surface area contributed by atoms with E-state index in [9.17, 15) is 0 Å². The highest BCUT2D eigenvalue weighted by Gasteiger charge is 2.08. The lowest BCUT2D eigenvalue weighted by Gasteiger charge is -2.16. The molecular formula is C14H23NO. The first kappa shape index (κ1) is 13.0. The summed E-state index contributed by atoms with van der Waals surface area (Å²) in [7, 11) is 1.96. The molecule has 90 valence electrons. The molecule has 0 saturated carbocycles. The molecule has 0 heterocycles. The van der Waals surface area contributed by atoms with Crippen LogP contribution in [0.3, 0.4) is 0 Å². The van der Waals surface area contributed by atoms with Crippen molar-refractivity contribution in [1.82, 2.24) is 5.32 Å². The van der Waals surface area contributed by atoms with E-state index in [4.69, 9.17) is 4.74 Å². The van der Waals surface area contributed by atoms with Crippen molar-refractivity contribution < 1.29 is 4.74 Å². The summed E-state index contributed by atoms with van der Waals surface area (Å²) in [6.45, 7) is 9.38. The van der Waals surface area contributed by atoms with Crippen LogP contribution in [0.25, 0.3) is 0 Å². The summed E-state index contributed by atoms with van der Waals surface area (Å²) in [5.74, 6) is 1.55. The zero-order valence-corrected chi connectivity index (χ0v) is 11.0. The molecule has 0 saturated heterocycles. The largest absolute Gasteiger partial charge is 0.491 e. The number of hydrogen-bond acceptors (Lipinski definition) is 2. The second kappa shape index (κ2) is 5.90. The third-order valence-corrected chi connectivity index (χ3v) is 2.48. The Bertz CT molecular complexity index is 332. The van der Waals surface area contributed by atoms with E-state index >= 15 is 0 Å². The highest BCUT2D eigenvalue weighted by molar-refractivity contribution is 5.38. The predicted octanol–water partition coefficient (Wildman–Crippen LogP) is 3.32. The third kappa shape index (κ3) is 3.53. The lowest BCUT2D eigenvalue weighted by atomic mass is 10.00. The second-order valence-electron chi connectivity index (χ2n) is 4.72. The molecule has 1 aromatic carbocycles. The van der Waals surface area contributed by atoms with Crippen molar-refractivity contribution in [1.29, 1.82) is 0 Å². The van der Waals surface area contributed by atoms with E-state index < -0.39 is 0 Å². The Balaban J connectivity index is 2.99. The fraction of sp³-hybridized carbons (Fsp3) is 0.571. The number of benzene rings is 1. The van der Waals surface area contributed by atoms with Crippen molar-refractivity contribution in [3.63, 3.8) is 0 Å². The van der Waals surface area contributed by atoms with E-state index in [-0.39, 0.29) is 6.10 Å². The minimum atomic E-state index is 0.223. The van der Waals surface area contributed by atoms with Gasteiger partial charge in [-0.1, -0.05) is 26.0 Å². The minimum absolute atomic E-state index is 0.223. The summed E-state index contributed by atoms with van der Waals surface area (Å²) in [5.41, 5.74) is 2.60. The first-order chi connectivity index (χ1) is 7.54. The van der Waals surface area contributed by atoms with Gasteiger partial charge < -0.3 is 10.1 Å². The van der Waals surface area contributed by atoms with Gasteiger partial charge in [0.05, 0.1) is 6.10 Å². The summed E-state index contributed by atoms with van der Waals surface area (Å²) < 4.78 is 5.79. The van der Waals surface area contributed by atoms with Gasteiger partial charge in [-0.3, -0.25) is 0 Å². The molecule has 0 aromatic heterocycles. The van der Waals surface area contributed by atoms with Crippen LogP contribution in [-0.2, 0) is 6.54 Å². The number of rotatable bonds is 5. The Morgan fingerprint density at radius 1 is 1.19 bits per heavy atom. The van der Waals surface area contributed by atoms with Gasteiger partial charge in [0.25, 0.3) is 0 Å². The summed E-state index contributed by atoms with van der Waals surface area (Å²) in [6, 6.07) is 6.47. The van der Waals surface area contributed by atoms with Gasteiger partial charge in [-0.15, -0.1) is 0 Å². The molecule has 0 aliphatic carbocycles. The van der Waals surface area contributed by atoms with E-state index in [1.165, 1.54) is 11.1 Å². The van der Waals surface area contributed by atoms with E-state index in [1.807, 2.05) is 7.05 Å². The highest BCUT2D eigenvalue weighted by atomic mass is 16.5. The van der Waals surface area contributed by atoms with Gasteiger partial charge in [-0.2, -0.15) is 0 Å². The Hall–Kier alpha value is -1.02. The van der Waals surface area contributed by atoms with Crippen LogP contribution in [0.1, 0.15) is 44.7 Å². The average molecular weight is 221 g/mol. The molecule has 0 spiro atoms. The summed E-state index contributed by atoms with van der Waals surface area (Å²) in [6.07, 6.45) is 0.223. The molecule has 0 radical (unpaired) electrons. The lowest BCUT2D eigenvalue weighted by molar-refractivity contribution is 0.239. The molecule has 1 N–H and O–H groups in total. The van der Waals surface area contributed by atoms with Crippen LogP contribution >= 0.6 is 0 Å². The Morgan fingerprint density at radius 2 is 1.88 bits per heavy atom. The van der Waals surface area contributed by atoms with E-state index in [2.05, 4.69) is 51.2 Å².